The summed E-state index contributed by atoms with van der Waals surface area (Å²) in [6, 6.07) is 11.0. The zero-order chi connectivity index (χ0) is 20.9. The summed E-state index contributed by atoms with van der Waals surface area (Å²) >= 11 is 7.23. The molecule has 30 heavy (non-hydrogen) atoms. The van der Waals surface area contributed by atoms with Crippen molar-refractivity contribution in [1.29, 1.82) is 0 Å². The van der Waals surface area contributed by atoms with Crippen LogP contribution in [0.25, 0.3) is 0 Å². The van der Waals surface area contributed by atoms with E-state index in [1.54, 1.807) is 37.6 Å². The summed E-state index contributed by atoms with van der Waals surface area (Å²) in [5.74, 6) is 1.41. The number of carbonyl (C=O) groups excluding carboxylic acids is 1. The molecule has 10 heteroatoms. The Morgan fingerprint density at radius 3 is 2.57 bits per heavy atom. The number of methoxy groups -OCH3 is 1. The van der Waals surface area contributed by atoms with E-state index in [2.05, 4.69) is 30.3 Å². The number of halogens is 1. The van der Waals surface area contributed by atoms with Crippen molar-refractivity contribution in [3.05, 3.63) is 57.6 Å². The van der Waals surface area contributed by atoms with Gasteiger partial charge in [-0.1, -0.05) is 22.9 Å². The average molecular weight is 445 g/mol. The summed E-state index contributed by atoms with van der Waals surface area (Å²) in [6.07, 6.45) is 1.67. The largest absolute Gasteiger partial charge is 0.497 e. The summed E-state index contributed by atoms with van der Waals surface area (Å²) in [7, 11) is 1.60. The zero-order valence-corrected chi connectivity index (χ0v) is 18.0. The summed E-state index contributed by atoms with van der Waals surface area (Å²) < 4.78 is 5.12. The van der Waals surface area contributed by atoms with Gasteiger partial charge in [0.25, 0.3) is 5.91 Å². The van der Waals surface area contributed by atoms with Crippen molar-refractivity contribution < 1.29 is 9.53 Å². The minimum atomic E-state index is -0.262. The van der Waals surface area contributed by atoms with Gasteiger partial charge in [-0.05, 0) is 36.4 Å². The van der Waals surface area contributed by atoms with Crippen LogP contribution >= 0.6 is 22.9 Å². The smallest absolute Gasteiger partial charge is 0.286 e. The van der Waals surface area contributed by atoms with Crippen LogP contribution in [0.1, 0.15) is 14.8 Å². The molecule has 156 valence electrons. The Bertz CT molecular complexity index is 987. The molecular formula is C20H21ClN6O2S. The lowest BCUT2D eigenvalue weighted by atomic mass is 10.3. The predicted octanol–water partition coefficient (Wildman–Crippen LogP) is 3.17. The monoisotopic (exact) mass is 444 g/mol. The van der Waals surface area contributed by atoms with Crippen LogP contribution in [-0.2, 0) is 6.54 Å². The lowest BCUT2D eigenvalue weighted by Crippen LogP contribution is -2.46. The molecule has 0 radical (unpaired) electrons. The molecule has 3 heterocycles. The molecule has 0 atom stereocenters. The first-order chi connectivity index (χ1) is 14.6. The summed E-state index contributed by atoms with van der Waals surface area (Å²) in [5, 5.41) is 12.9. The lowest BCUT2D eigenvalue weighted by Gasteiger charge is -2.34. The van der Waals surface area contributed by atoms with Gasteiger partial charge in [-0.2, -0.15) is 0 Å². The van der Waals surface area contributed by atoms with Crippen LogP contribution in [0.15, 0.2) is 42.6 Å². The summed E-state index contributed by atoms with van der Waals surface area (Å²) in [4.78, 5) is 21.3. The van der Waals surface area contributed by atoms with Crippen LogP contribution in [0.5, 0.6) is 5.75 Å². The van der Waals surface area contributed by atoms with Crippen molar-refractivity contribution in [2.45, 2.75) is 6.54 Å². The van der Waals surface area contributed by atoms with Crippen LogP contribution in [0.4, 0.5) is 11.5 Å². The van der Waals surface area contributed by atoms with Crippen molar-refractivity contribution in [2.24, 2.45) is 0 Å². The fraction of sp³-hybridized carbons (Fsp3) is 0.300. The highest BCUT2D eigenvalue weighted by molar-refractivity contribution is 7.13. The number of carbonyl (C=O) groups is 1. The maximum absolute atomic E-state index is 12.4. The SMILES string of the molecule is COc1ccc(NC(=O)c2nnc(CN3CCN(c4ccc(Cl)cn4)CC3)s2)cc1. The second-order valence-corrected chi connectivity index (χ2v) is 8.28. The topological polar surface area (TPSA) is 83.5 Å². The summed E-state index contributed by atoms with van der Waals surface area (Å²) in [5.41, 5.74) is 0.685. The van der Waals surface area contributed by atoms with Crippen molar-refractivity contribution in [1.82, 2.24) is 20.1 Å². The molecule has 8 nitrogen and oxygen atoms in total. The molecule has 1 aliphatic rings. The molecule has 0 saturated carbocycles. The second kappa shape index (κ2) is 9.38. The first-order valence-corrected chi connectivity index (χ1v) is 10.7. The Hall–Kier alpha value is -2.75. The quantitative estimate of drug-likeness (QED) is 0.625. The van der Waals surface area contributed by atoms with Crippen LogP contribution in [0, 0.1) is 0 Å². The van der Waals surface area contributed by atoms with Crippen LogP contribution in [-0.4, -0.2) is 59.3 Å². The third kappa shape index (κ3) is 5.05. The van der Waals surface area contributed by atoms with Crippen molar-refractivity contribution in [2.75, 3.05) is 43.5 Å². The number of benzene rings is 1. The number of hydrogen-bond acceptors (Lipinski definition) is 8. The molecule has 1 N–H and O–H groups in total. The van der Waals surface area contributed by atoms with E-state index in [0.29, 0.717) is 22.3 Å². The van der Waals surface area contributed by atoms with E-state index in [-0.39, 0.29) is 5.91 Å². The molecule has 3 aromatic rings. The number of nitrogens with one attached hydrogen (secondary N) is 1. The predicted molar refractivity (Wildman–Crippen MR) is 118 cm³/mol. The van der Waals surface area contributed by atoms with Gasteiger partial charge in [0.05, 0.1) is 18.7 Å². The molecule has 2 aromatic heterocycles. The molecule has 0 spiro atoms. The highest BCUT2D eigenvalue weighted by Gasteiger charge is 2.20. The number of ether oxygens (including phenoxy) is 1. The number of pyridine rings is 1. The van der Waals surface area contributed by atoms with E-state index in [9.17, 15) is 4.79 Å². The maximum atomic E-state index is 12.4. The van der Waals surface area contributed by atoms with Crippen LogP contribution in [0.3, 0.4) is 0 Å². The molecule has 0 aliphatic carbocycles. The average Bonchev–Trinajstić information content (AvgIpc) is 3.24. The Labute approximate surface area is 183 Å². The van der Waals surface area contributed by atoms with Crippen molar-refractivity contribution >= 4 is 40.4 Å². The van der Waals surface area contributed by atoms with E-state index in [0.717, 1.165) is 42.8 Å². The third-order valence-electron chi connectivity index (χ3n) is 4.78. The van der Waals surface area contributed by atoms with Gasteiger partial charge < -0.3 is 15.0 Å². The fourth-order valence-corrected chi connectivity index (χ4v) is 4.04. The van der Waals surface area contributed by atoms with Gasteiger partial charge >= 0.3 is 0 Å². The molecule has 1 fully saturated rings. The Morgan fingerprint density at radius 2 is 1.90 bits per heavy atom. The highest BCUT2D eigenvalue weighted by Crippen LogP contribution is 2.20. The number of amides is 1. The molecule has 1 aliphatic heterocycles. The van der Waals surface area contributed by atoms with Gasteiger partial charge in [0.2, 0.25) is 5.01 Å². The number of piperazine rings is 1. The molecule has 1 aromatic carbocycles. The Morgan fingerprint density at radius 1 is 1.13 bits per heavy atom. The molecule has 1 amide bonds. The van der Waals surface area contributed by atoms with Gasteiger partial charge in [-0.15, -0.1) is 10.2 Å². The van der Waals surface area contributed by atoms with Gasteiger partial charge in [0, 0.05) is 38.1 Å². The van der Waals surface area contributed by atoms with E-state index in [1.807, 2.05) is 12.1 Å². The minimum Gasteiger partial charge on any atom is -0.497 e. The van der Waals surface area contributed by atoms with E-state index in [1.165, 1.54) is 11.3 Å². The number of aromatic nitrogens is 3. The van der Waals surface area contributed by atoms with Gasteiger partial charge in [0.15, 0.2) is 0 Å². The number of anilines is 2. The van der Waals surface area contributed by atoms with E-state index < -0.39 is 0 Å². The van der Waals surface area contributed by atoms with Crippen molar-refractivity contribution in [3.8, 4) is 5.75 Å². The van der Waals surface area contributed by atoms with Gasteiger partial charge in [0.1, 0.15) is 16.6 Å². The molecular weight excluding hydrogens is 424 g/mol. The first kappa shape index (κ1) is 20.5. The number of nitrogens with zero attached hydrogens (tertiary/aromatic N) is 5. The maximum Gasteiger partial charge on any atom is 0.286 e. The van der Waals surface area contributed by atoms with Gasteiger partial charge in [-0.25, -0.2) is 4.98 Å². The second-order valence-electron chi connectivity index (χ2n) is 6.78. The Balaban J connectivity index is 1.29. The summed E-state index contributed by atoms with van der Waals surface area (Å²) in [6.45, 7) is 4.19. The molecule has 1 saturated heterocycles. The van der Waals surface area contributed by atoms with Gasteiger partial charge in [-0.3, -0.25) is 9.69 Å². The van der Waals surface area contributed by atoms with Crippen molar-refractivity contribution in [3.63, 3.8) is 0 Å². The Kier molecular flexibility index (Phi) is 6.41. The fourth-order valence-electron chi connectivity index (χ4n) is 3.15. The van der Waals surface area contributed by atoms with Crippen LogP contribution < -0.4 is 15.0 Å². The normalized spacial score (nSPS) is 14.5. The van der Waals surface area contributed by atoms with E-state index >= 15 is 0 Å². The highest BCUT2D eigenvalue weighted by atomic mass is 35.5. The standard InChI is InChI=1S/C20H21ClN6O2S/c1-29-16-5-3-15(4-6-16)23-19(28)20-25-24-18(30-20)13-26-8-10-27(11-9-26)17-7-2-14(21)12-22-17/h2-7,12H,8-11,13H2,1H3,(H,23,28). The molecule has 0 unspecified atom stereocenters. The first-order valence-electron chi connectivity index (χ1n) is 9.47. The molecule has 4 rings (SSSR count). The third-order valence-corrected chi connectivity index (χ3v) is 5.91. The van der Waals surface area contributed by atoms with E-state index in [4.69, 9.17) is 16.3 Å². The minimum absolute atomic E-state index is 0.262. The zero-order valence-electron chi connectivity index (χ0n) is 16.4. The van der Waals surface area contributed by atoms with Crippen LogP contribution in [0.2, 0.25) is 5.02 Å². The number of hydrogen-bond donors (Lipinski definition) is 1. The lowest BCUT2D eigenvalue weighted by molar-refractivity contribution is 0.102. The number of rotatable bonds is 6. The molecule has 0 bridgehead atoms.